The molecule has 12 heteroatoms. The Kier molecular flexibility index (Phi) is 10.2. The Balaban J connectivity index is 0.999. The first-order valence-corrected chi connectivity index (χ1v) is 15.2. The Bertz CT molecular complexity index is 1450. The summed E-state index contributed by atoms with van der Waals surface area (Å²) in [5.41, 5.74) is 0.660. The normalized spacial score (nSPS) is 16.5. The van der Waals surface area contributed by atoms with Crippen molar-refractivity contribution in [2.75, 3.05) is 39.3 Å². The Morgan fingerprint density at radius 3 is 2.45 bits per heavy atom. The summed E-state index contributed by atoms with van der Waals surface area (Å²) in [5, 5.41) is 15.7. The molecule has 2 heterocycles. The van der Waals surface area contributed by atoms with Crippen molar-refractivity contribution in [3.05, 3.63) is 65.3 Å². The number of benzene rings is 2. The average molecular weight is 608 g/mol. The van der Waals surface area contributed by atoms with Gasteiger partial charge in [0, 0.05) is 50.8 Å². The van der Waals surface area contributed by atoms with E-state index in [0.717, 1.165) is 19.4 Å². The number of ether oxygens (including phenoxy) is 1. The van der Waals surface area contributed by atoms with Crippen LogP contribution in [0.4, 0.5) is 4.39 Å². The third-order valence-electron chi connectivity index (χ3n) is 8.27. The van der Waals surface area contributed by atoms with Gasteiger partial charge in [-0.3, -0.25) is 14.5 Å². The van der Waals surface area contributed by atoms with Gasteiger partial charge in [0.2, 0.25) is 17.6 Å². The highest BCUT2D eigenvalue weighted by Gasteiger charge is 2.26. The highest BCUT2D eigenvalue weighted by atomic mass is 19.1. The lowest BCUT2D eigenvalue weighted by Crippen LogP contribution is -2.54. The number of piperazine rings is 1. The minimum absolute atomic E-state index is 0.0854. The lowest BCUT2D eigenvalue weighted by Gasteiger charge is -2.36. The van der Waals surface area contributed by atoms with Crippen LogP contribution in [0.2, 0.25) is 0 Å². The van der Waals surface area contributed by atoms with Crippen LogP contribution in [0.1, 0.15) is 65.6 Å². The molecule has 0 spiro atoms. The van der Waals surface area contributed by atoms with Crippen LogP contribution >= 0.6 is 0 Å². The molecule has 0 unspecified atom stereocenters. The van der Waals surface area contributed by atoms with Crippen molar-refractivity contribution in [3.63, 3.8) is 0 Å². The number of carboxylic acids is 1. The third kappa shape index (κ3) is 7.98. The molecular formula is C32H38FN5O6. The zero-order valence-electron chi connectivity index (χ0n) is 24.8. The second-order valence-electron chi connectivity index (χ2n) is 11.5. The fourth-order valence-corrected chi connectivity index (χ4v) is 5.73. The van der Waals surface area contributed by atoms with Crippen molar-refractivity contribution < 1.29 is 33.1 Å². The second-order valence-corrected chi connectivity index (χ2v) is 11.5. The molecule has 1 aliphatic heterocycles. The number of aromatic carboxylic acids is 1. The van der Waals surface area contributed by atoms with E-state index in [1.807, 2.05) is 0 Å². The molecule has 1 aromatic heterocycles. The van der Waals surface area contributed by atoms with Crippen LogP contribution in [-0.4, -0.2) is 88.2 Å². The Labute approximate surface area is 255 Å². The zero-order chi connectivity index (χ0) is 31.1. The molecule has 2 aromatic carbocycles. The van der Waals surface area contributed by atoms with Crippen molar-refractivity contribution in [2.24, 2.45) is 5.92 Å². The van der Waals surface area contributed by atoms with Gasteiger partial charge in [0.05, 0.1) is 17.7 Å². The van der Waals surface area contributed by atoms with Crippen molar-refractivity contribution in [1.82, 2.24) is 25.3 Å². The van der Waals surface area contributed by atoms with Crippen molar-refractivity contribution in [2.45, 2.75) is 51.5 Å². The molecule has 5 rings (SSSR count). The molecule has 2 N–H and O–H groups in total. The Morgan fingerprint density at radius 2 is 1.77 bits per heavy atom. The van der Waals surface area contributed by atoms with Crippen LogP contribution in [0.3, 0.4) is 0 Å². The van der Waals surface area contributed by atoms with Crippen molar-refractivity contribution in [1.29, 1.82) is 0 Å². The van der Waals surface area contributed by atoms with Crippen LogP contribution in [0.5, 0.6) is 5.75 Å². The molecule has 2 aliphatic rings. The first-order valence-electron chi connectivity index (χ1n) is 15.2. The molecule has 1 aliphatic carbocycles. The van der Waals surface area contributed by atoms with Gasteiger partial charge in [-0.05, 0) is 68.5 Å². The monoisotopic (exact) mass is 607 g/mol. The molecule has 44 heavy (non-hydrogen) atoms. The zero-order valence-corrected chi connectivity index (χ0v) is 24.8. The van der Waals surface area contributed by atoms with Crippen molar-refractivity contribution in [3.8, 4) is 17.1 Å². The molecule has 1 saturated carbocycles. The number of hydrogen-bond acceptors (Lipinski definition) is 8. The van der Waals surface area contributed by atoms with E-state index < -0.39 is 23.7 Å². The third-order valence-corrected chi connectivity index (χ3v) is 8.27. The number of nitrogens with zero attached hydrogens (tertiary/aromatic N) is 4. The lowest BCUT2D eigenvalue weighted by atomic mass is 10.0. The molecule has 1 saturated heterocycles. The average Bonchev–Trinajstić information content (AvgIpc) is 3.72. The fourth-order valence-electron chi connectivity index (χ4n) is 5.73. The number of carbonyl (C=O) groups is 3. The summed E-state index contributed by atoms with van der Waals surface area (Å²) in [6.07, 6.45) is 6.29. The first-order chi connectivity index (χ1) is 21.3. The van der Waals surface area contributed by atoms with Crippen LogP contribution in [-0.2, 0) is 11.2 Å². The quantitative estimate of drug-likeness (QED) is 0.292. The van der Waals surface area contributed by atoms with Gasteiger partial charge in [0.15, 0.2) is 0 Å². The predicted octanol–water partition coefficient (Wildman–Crippen LogP) is 4.04. The highest BCUT2D eigenvalue weighted by molar-refractivity contribution is 5.98. The number of halogens is 1. The largest absolute Gasteiger partial charge is 0.493 e. The minimum atomic E-state index is -1.07. The standard InChI is InChI=1S/C32H38FN5O6/c1-21(34-30(39)23-7-9-24(10-8-23)32(41)42)31(40)38-16-14-37(15-17-38)13-4-18-43-25-11-12-26(27(33)20-25)29-35-28(44-36-29)19-22-5-2-3-6-22/h7-12,20-22H,2-6,13-19H2,1H3,(H,34,39)(H,41,42)/t21-/m1/s1. The van der Waals surface area contributed by atoms with E-state index in [2.05, 4.69) is 20.4 Å². The summed E-state index contributed by atoms with van der Waals surface area (Å²) >= 11 is 0. The van der Waals surface area contributed by atoms with E-state index >= 15 is 0 Å². The van der Waals surface area contributed by atoms with Gasteiger partial charge in [-0.2, -0.15) is 4.98 Å². The van der Waals surface area contributed by atoms with Gasteiger partial charge in [0.1, 0.15) is 17.6 Å². The van der Waals surface area contributed by atoms with Crippen LogP contribution in [0, 0.1) is 11.7 Å². The van der Waals surface area contributed by atoms with Gasteiger partial charge in [-0.1, -0.05) is 18.0 Å². The maximum absolute atomic E-state index is 14.8. The smallest absolute Gasteiger partial charge is 0.335 e. The van der Waals surface area contributed by atoms with Crippen LogP contribution in [0.25, 0.3) is 11.4 Å². The van der Waals surface area contributed by atoms with Gasteiger partial charge in [0.25, 0.3) is 5.91 Å². The van der Waals surface area contributed by atoms with E-state index in [1.165, 1.54) is 56.0 Å². The van der Waals surface area contributed by atoms with E-state index in [-0.39, 0.29) is 28.4 Å². The number of carbonyl (C=O) groups excluding carboxylic acids is 2. The van der Waals surface area contributed by atoms with E-state index in [0.29, 0.717) is 50.3 Å². The number of hydrogen-bond donors (Lipinski definition) is 2. The molecule has 0 radical (unpaired) electrons. The van der Waals surface area contributed by atoms with Crippen LogP contribution < -0.4 is 10.1 Å². The predicted molar refractivity (Wildman–Crippen MR) is 159 cm³/mol. The Morgan fingerprint density at radius 1 is 1.07 bits per heavy atom. The summed E-state index contributed by atoms with van der Waals surface area (Å²) < 4.78 is 26.0. The molecule has 2 fully saturated rings. The summed E-state index contributed by atoms with van der Waals surface area (Å²) in [6.45, 7) is 5.30. The minimum Gasteiger partial charge on any atom is -0.493 e. The molecule has 11 nitrogen and oxygen atoms in total. The van der Waals surface area contributed by atoms with Gasteiger partial charge in [-0.15, -0.1) is 0 Å². The van der Waals surface area contributed by atoms with Gasteiger partial charge < -0.3 is 24.6 Å². The summed E-state index contributed by atoms with van der Waals surface area (Å²) in [7, 11) is 0. The summed E-state index contributed by atoms with van der Waals surface area (Å²) in [6, 6.07) is 9.51. The molecule has 0 bridgehead atoms. The van der Waals surface area contributed by atoms with Gasteiger partial charge >= 0.3 is 5.97 Å². The fraction of sp³-hybridized carbons (Fsp3) is 0.469. The van der Waals surface area contributed by atoms with Crippen LogP contribution in [0.15, 0.2) is 47.0 Å². The van der Waals surface area contributed by atoms with E-state index in [1.54, 1.807) is 24.0 Å². The topological polar surface area (TPSA) is 138 Å². The summed E-state index contributed by atoms with van der Waals surface area (Å²) in [4.78, 5) is 44.8. The van der Waals surface area contributed by atoms with Crippen molar-refractivity contribution >= 4 is 17.8 Å². The Hall–Kier alpha value is -4.32. The molecule has 3 aromatic rings. The SMILES string of the molecule is C[C@@H](NC(=O)c1ccc(C(=O)O)cc1)C(=O)N1CCN(CCCOc2ccc(-c3noc(CC4CCCC4)n3)c(F)c2)CC1. The summed E-state index contributed by atoms with van der Waals surface area (Å²) in [5.74, 6) is -0.322. The molecule has 234 valence electrons. The number of amides is 2. The number of rotatable bonds is 12. The molecular weight excluding hydrogens is 569 g/mol. The number of aromatic nitrogens is 2. The first kappa shape index (κ1) is 31.1. The number of nitrogens with one attached hydrogen (secondary N) is 1. The van der Waals surface area contributed by atoms with Gasteiger partial charge in [-0.25, -0.2) is 9.18 Å². The molecule has 1 atom stereocenters. The lowest BCUT2D eigenvalue weighted by molar-refractivity contribution is -0.134. The van der Waals surface area contributed by atoms with E-state index in [9.17, 15) is 18.8 Å². The molecule has 2 amide bonds. The maximum Gasteiger partial charge on any atom is 0.335 e. The second kappa shape index (κ2) is 14.4. The highest BCUT2D eigenvalue weighted by Crippen LogP contribution is 2.29. The number of carboxylic acid groups (broad SMARTS) is 1. The van der Waals surface area contributed by atoms with E-state index in [4.69, 9.17) is 14.4 Å². The maximum atomic E-state index is 14.8.